The normalized spacial score (nSPS) is 13.3. The Kier molecular flexibility index (Phi) is 4.97. The van der Waals surface area contributed by atoms with Gasteiger partial charge in [-0.05, 0) is 49.1 Å². The van der Waals surface area contributed by atoms with Gasteiger partial charge in [0.1, 0.15) is 17.8 Å². The monoisotopic (exact) mass is 375 g/mol. The van der Waals surface area contributed by atoms with Crippen LogP contribution in [0.1, 0.15) is 56.7 Å². The van der Waals surface area contributed by atoms with Crippen LogP contribution in [0.2, 0.25) is 0 Å². The van der Waals surface area contributed by atoms with E-state index in [-0.39, 0.29) is 5.91 Å². The summed E-state index contributed by atoms with van der Waals surface area (Å²) in [6, 6.07) is 11.0. The van der Waals surface area contributed by atoms with Crippen LogP contribution in [0, 0.1) is 0 Å². The lowest BCUT2D eigenvalue weighted by molar-refractivity contribution is 0.102. The maximum absolute atomic E-state index is 12.6. The van der Waals surface area contributed by atoms with Crippen molar-refractivity contribution in [2.24, 2.45) is 7.05 Å². The first-order valence-corrected chi connectivity index (χ1v) is 9.33. The highest BCUT2D eigenvalue weighted by Crippen LogP contribution is 2.40. The molecule has 0 atom stereocenters. The molecule has 2 heterocycles. The molecule has 1 aliphatic rings. The van der Waals surface area contributed by atoms with Gasteiger partial charge in [-0.25, -0.2) is 4.98 Å². The van der Waals surface area contributed by atoms with E-state index in [4.69, 9.17) is 0 Å². The third kappa shape index (κ3) is 3.98. The van der Waals surface area contributed by atoms with Crippen LogP contribution < -0.4 is 5.32 Å². The molecule has 1 aromatic carbocycles. The number of pyridine rings is 1. The van der Waals surface area contributed by atoms with E-state index in [0.29, 0.717) is 17.2 Å². The summed E-state index contributed by atoms with van der Waals surface area (Å²) in [6.07, 6.45) is 6.11. The topological polar surface area (TPSA) is 89.8 Å². The van der Waals surface area contributed by atoms with Gasteiger partial charge in [-0.2, -0.15) is 0 Å². The van der Waals surface area contributed by atoms with E-state index in [1.54, 1.807) is 18.5 Å². The first-order valence-electron chi connectivity index (χ1n) is 9.33. The lowest BCUT2D eigenvalue weighted by Gasteiger charge is -2.09. The summed E-state index contributed by atoms with van der Waals surface area (Å²) in [5.41, 5.74) is 3.46. The van der Waals surface area contributed by atoms with E-state index in [1.807, 2.05) is 35.9 Å². The number of benzene rings is 1. The van der Waals surface area contributed by atoms with Crippen LogP contribution in [0.5, 0.6) is 0 Å². The summed E-state index contributed by atoms with van der Waals surface area (Å²) in [5, 5.41) is 10.9. The van der Waals surface area contributed by atoms with Gasteiger partial charge in [0.15, 0.2) is 6.29 Å². The van der Waals surface area contributed by atoms with Gasteiger partial charge in [0.25, 0.3) is 5.91 Å². The van der Waals surface area contributed by atoms with Crippen molar-refractivity contribution in [1.29, 1.82) is 0 Å². The molecule has 0 spiro atoms. The van der Waals surface area contributed by atoms with Crippen molar-refractivity contribution < 1.29 is 9.59 Å². The maximum atomic E-state index is 12.6. The van der Waals surface area contributed by atoms with Crippen molar-refractivity contribution in [3.63, 3.8) is 0 Å². The molecule has 1 amide bonds. The van der Waals surface area contributed by atoms with E-state index in [9.17, 15) is 9.59 Å². The van der Waals surface area contributed by atoms with Crippen LogP contribution in [-0.4, -0.2) is 31.9 Å². The number of anilines is 1. The van der Waals surface area contributed by atoms with Crippen molar-refractivity contribution in [1.82, 2.24) is 19.7 Å². The Morgan fingerprint density at radius 2 is 2.11 bits per heavy atom. The van der Waals surface area contributed by atoms with Crippen molar-refractivity contribution in [2.45, 2.75) is 31.6 Å². The number of carbonyl (C=O) groups excluding carboxylic acids is 2. The Bertz CT molecular complexity index is 1020. The molecule has 0 unspecified atom stereocenters. The molecule has 4 rings (SSSR count). The molecule has 0 bridgehead atoms. The molecular weight excluding hydrogens is 354 g/mol. The third-order valence-corrected chi connectivity index (χ3v) is 4.91. The molecule has 0 saturated heterocycles. The Hall–Kier alpha value is -3.35. The van der Waals surface area contributed by atoms with Crippen LogP contribution in [-0.2, 0) is 19.9 Å². The number of rotatable bonds is 7. The quantitative estimate of drug-likeness (QED) is 0.641. The van der Waals surface area contributed by atoms with Gasteiger partial charge in [-0.3, -0.25) is 9.59 Å². The van der Waals surface area contributed by atoms with Gasteiger partial charge in [0.2, 0.25) is 0 Å². The standard InChI is InChI=1S/C21H21N5O2/c1-26-13-22-25-19(26)10-5-14-3-2-4-17(11-14)23-21(28)18-9-8-16(12-27)20(24-18)15-6-7-15/h2-4,8-9,11-13,15H,5-7,10H2,1H3,(H,23,28). The Morgan fingerprint density at radius 3 is 2.82 bits per heavy atom. The van der Waals surface area contributed by atoms with E-state index in [2.05, 4.69) is 20.5 Å². The molecule has 3 aromatic rings. The SMILES string of the molecule is Cn1cnnc1CCc1cccc(NC(=O)c2ccc(C=O)c(C3CC3)n2)c1. The van der Waals surface area contributed by atoms with E-state index < -0.39 is 0 Å². The maximum Gasteiger partial charge on any atom is 0.274 e. The van der Waals surface area contributed by atoms with E-state index >= 15 is 0 Å². The molecule has 1 aliphatic carbocycles. The zero-order valence-electron chi connectivity index (χ0n) is 15.6. The highest BCUT2D eigenvalue weighted by atomic mass is 16.1. The van der Waals surface area contributed by atoms with Crippen LogP contribution in [0.3, 0.4) is 0 Å². The molecule has 142 valence electrons. The van der Waals surface area contributed by atoms with Crippen LogP contribution >= 0.6 is 0 Å². The third-order valence-electron chi connectivity index (χ3n) is 4.91. The number of aldehydes is 1. The fourth-order valence-corrected chi connectivity index (χ4v) is 3.18. The van der Waals surface area contributed by atoms with Crippen molar-refractivity contribution in [3.05, 3.63) is 71.1 Å². The largest absolute Gasteiger partial charge is 0.321 e. The van der Waals surface area contributed by atoms with Crippen molar-refractivity contribution in [3.8, 4) is 0 Å². The molecular formula is C21H21N5O2. The number of carbonyl (C=O) groups is 2. The summed E-state index contributed by atoms with van der Waals surface area (Å²) >= 11 is 0. The second-order valence-electron chi connectivity index (χ2n) is 7.08. The van der Waals surface area contributed by atoms with Crippen LogP contribution in [0.25, 0.3) is 0 Å². The second-order valence-corrected chi connectivity index (χ2v) is 7.08. The molecule has 1 fully saturated rings. The van der Waals surface area contributed by atoms with Crippen molar-refractivity contribution >= 4 is 17.9 Å². The van der Waals surface area contributed by atoms with Gasteiger partial charge >= 0.3 is 0 Å². The molecule has 0 radical (unpaired) electrons. The van der Waals surface area contributed by atoms with E-state index in [1.165, 1.54) is 0 Å². The van der Waals surface area contributed by atoms with Crippen LogP contribution in [0.4, 0.5) is 5.69 Å². The smallest absolute Gasteiger partial charge is 0.274 e. The highest BCUT2D eigenvalue weighted by molar-refractivity contribution is 6.03. The Labute approximate surface area is 162 Å². The second kappa shape index (κ2) is 7.72. The van der Waals surface area contributed by atoms with Gasteiger partial charge in [0.05, 0.1) is 5.69 Å². The summed E-state index contributed by atoms with van der Waals surface area (Å²) in [4.78, 5) is 28.3. The lowest BCUT2D eigenvalue weighted by atomic mass is 10.1. The first kappa shape index (κ1) is 18.0. The van der Waals surface area contributed by atoms with Gasteiger partial charge < -0.3 is 9.88 Å². The molecule has 1 N–H and O–H groups in total. The minimum atomic E-state index is -0.273. The predicted octanol–water partition coefficient (Wildman–Crippen LogP) is 2.94. The first-order chi connectivity index (χ1) is 13.6. The summed E-state index contributed by atoms with van der Waals surface area (Å²) < 4.78 is 1.90. The molecule has 2 aromatic heterocycles. The number of aryl methyl sites for hydroxylation is 3. The van der Waals surface area contributed by atoms with Gasteiger partial charge in [-0.1, -0.05) is 12.1 Å². The molecule has 7 nitrogen and oxygen atoms in total. The number of nitrogens with one attached hydrogen (secondary N) is 1. The zero-order chi connectivity index (χ0) is 19.5. The number of nitrogens with zero attached hydrogens (tertiary/aromatic N) is 4. The minimum Gasteiger partial charge on any atom is -0.321 e. The van der Waals surface area contributed by atoms with Gasteiger partial charge in [0, 0.05) is 30.6 Å². The summed E-state index contributed by atoms with van der Waals surface area (Å²) in [5.74, 6) is 0.947. The molecule has 7 heteroatoms. The number of amides is 1. The average Bonchev–Trinajstić information content (AvgIpc) is 3.48. The molecule has 0 aliphatic heterocycles. The fraction of sp³-hybridized carbons (Fsp3) is 0.286. The molecule has 1 saturated carbocycles. The number of aromatic nitrogens is 4. The number of hydrogen-bond donors (Lipinski definition) is 1. The average molecular weight is 375 g/mol. The lowest BCUT2D eigenvalue weighted by Crippen LogP contribution is -2.15. The van der Waals surface area contributed by atoms with Crippen LogP contribution in [0.15, 0.2) is 42.7 Å². The Balaban J connectivity index is 1.45. The number of hydrogen-bond acceptors (Lipinski definition) is 5. The summed E-state index contributed by atoms with van der Waals surface area (Å²) in [7, 11) is 1.92. The van der Waals surface area contributed by atoms with Gasteiger partial charge in [-0.15, -0.1) is 10.2 Å². The molecule has 28 heavy (non-hydrogen) atoms. The fourth-order valence-electron chi connectivity index (χ4n) is 3.18. The summed E-state index contributed by atoms with van der Waals surface area (Å²) in [6.45, 7) is 0. The van der Waals surface area contributed by atoms with E-state index in [0.717, 1.165) is 54.7 Å². The predicted molar refractivity (Wildman–Crippen MR) is 104 cm³/mol. The minimum absolute atomic E-state index is 0.273. The van der Waals surface area contributed by atoms with Crippen molar-refractivity contribution in [2.75, 3.05) is 5.32 Å². The highest BCUT2D eigenvalue weighted by Gasteiger charge is 2.28. The zero-order valence-corrected chi connectivity index (χ0v) is 15.6. The Morgan fingerprint density at radius 1 is 1.25 bits per heavy atom.